The highest BCUT2D eigenvalue weighted by Crippen LogP contribution is 2.42. The van der Waals surface area contributed by atoms with E-state index in [4.69, 9.17) is 9.84 Å². The van der Waals surface area contributed by atoms with Crippen molar-refractivity contribution in [3.05, 3.63) is 59.1 Å². The number of fused-ring (bicyclic) bond motifs is 3. The van der Waals surface area contributed by atoms with Crippen molar-refractivity contribution in [3.63, 3.8) is 0 Å². The predicted octanol–water partition coefficient (Wildman–Crippen LogP) is 5.70. The van der Waals surface area contributed by atoms with Gasteiger partial charge in [0.1, 0.15) is 12.3 Å². The topological polar surface area (TPSA) is 59.4 Å². The van der Waals surface area contributed by atoms with Crippen molar-refractivity contribution < 1.29 is 9.53 Å². The number of hydrogen-bond acceptors (Lipinski definition) is 5. The Morgan fingerprint density at radius 2 is 2.09 bits per heavy atom. The average Bonchev–Trinajstić information content (AvgIpc) is 3.48. The van der Waals surface area contributed by atoms with Crippen LogP contribution < -0.4 is 5.32 Å². The number of piperidine rings is 3. The van der Waals surface area contributed by atoms with E-state index in [2.05, 4.69) is 71.5 Å². The minimum absolute atomic E-state index is 0.291. The second kappa shape index (κ2) is 9.31. The third kappa shape index (κ3) is 4.70. The Labute approximate surface area is 199 Å². The number of nitrogens with zero attached hydrogens (tertiary/aromatic N) is 3. The largest absolute Gasteiger partial charge is 0.448 e. The first-order chi connectivity index (χ1) is 16.0. The molecule has 2 bridgehead atoms. The summed E-state index contributed by atoms with van der Waals surface area (Å²) in [5.41, 5.74) is 4.41. The first-order valence-electron chi connectivity index (χ1n) is 11.8. The lowest BCUT2D eigenvalue weighted by Gasteiger charge is -2.49. The molecule has 4 atom stereocenters. The number of carbonyl (C=O) groups excluding carboxylic acids is 1. The molecule has 0 spiro atoms. The van der Waals surface area contributed by atoms with Gasteiger partial charge in [-0.15, -0.1) is 11.3 Å². The summed E-state index contributed by atoms with van der Waals surface area (Å²) in [5.74, 6) is 1.55. The van der Waals surface area contributed by atoms with Crippen LogP contribution in [0.4, 0.5) is 10.5 Å². The Balaban J connectivity index is 1.17. The maximum atomic E-state index is 12.4. The van der Waals surface area contributed by atoms with Gasteiger partial charge in [-0.1, -0.05) is 32.0 Å². The molecule has 6 nitrogen and oxygen atoms in total. The van der Waals surface area contributed by atoms with Crippen LogP contribution in [0.15, 0.2) is 47.8 Å². The van der Waals surface area contributed by atoms with Crippen molar-refractivity contribution in [2.75, 3.05) is 25.0 Å². The number of amides is 1. The fourth-order valence-electron chi connectivity index (χ4n) is 5.30. The Bertz CT molecular complexity index is 1090. The van der Waals surface area contributed by atoms with E-state index in [1.165, 1.54) is 22.6 Å². The fourth-order valence-corrected chi connectivity index (χ4v) is 5.98. The minimum Gasteiger partial charge on any atom is -0.448 e. The van der Waals surface area contributed by atoms with Gasteiger partial charge in [-0.05, 0) is 66.4 Å². The summed E-state index contributed by atoms with van der Waals surface area (Å²) in [7, 11) is 2.06. The van der Waals surface area contributed by atoms with Gasteiger partial charge in [-0.2, -0.15) is 5.10 Å². The number of benzene rings is 1. The Morgan fingerprint density at radius 3 is 2.76 bits per heavy atom. The Kier molecular flexibility index (Phi) is 6.25. The molecule has 174 valence electrons. The summed E-state index contributed by atoms with van der Waals surface area (Å²) in [6.07, 6.45) is 1.87. The molecule has 3 saturated heterocycles. The minimum atomic E-state index is -0.376. The van der Waals surface area contributed by atoms with Gasteiger partial charge in [0.25, 0.3) is 0 Å². The van der Waals surface area contributed by atoms with Gasteiger partial charge >= 0.3 is 6.09 Å². The van der Waals surface area contributed by atoms with Crippen LogP contribution in [0.3, 0.4) is 0 Å². The first kappa shape index (κ1) is 22.2. The van der Waals surface area contributed by atoms with Crippen LogP contribution in [0.25, 0.3) is 10.6 Å². The van der Waals surface area contributed by atoms with Gasteiger partial charge in [0.05, 0.1) is 4.88 Å². The SMILES string of the molecule is CC(C)c1ccc(NC(=O)OCC2CC3CCN2CC3c2cc(-c3cccs3)nn2C)cc1. The molecular formula is C26H32N4O2S. The lowest BCUT2D eigenvalue weighted by molar-refractivity contribution is -0.00222. The molecule has 3 aromatic rings. The molecule has 3 aliphatic rings. The van der Waals surface area contributed by atoms with E-state index in [1.807, 2.05) is 12.1 Å². The number of thiophene rings is 1. The second-order valence-electron chi connectivity index (χ2n) is 9.60. The summed E-state index contributed by atoms with van der Waals surface area (Å²) in [4.78, 5) is 16.1. The number of ether oxygens (including phenoxy) is 1. The van der Waals surface area contributed by atoms with E-state index >= 15 is 0 Å². The van der Waals surface area contributed by atoms with E-state index in [-0.39, 0.29) is 6.09 Å². The number of aryl methyl sites for hydroxylation is 1. The molecule has 4 unspecified atom stereocenters. The highest BCUT2D eigenvalue weighted by atomic mass is 32.1. The smallest absolute Gasteiger partial charge is 0.411 e. The third-order valence-corrected chi connectivity index (χ3v) is 8.07. The monoisotopic (exact) mass is 464 g/mol. The maximum absolute atomic E-state index is 12.4. The number of nitrogens with one attached hydrogen (secondary N) is 1. The van der Waals surface area contributed by atoms with Gasteiger partial charge < -0.3 is 4.74 Å². The van der Waals surface area contributed by atoms with Crippen LogP contribution in [-0.2, 0) is 11.8 Å². The van der Waals surface area contributed by atoms with E-state index in [0.29, 0.717) is 30.4 Å². The lowest BCUT2D eigenvalue weighted by atomic mass is 9.74. The number of aromatic nitrogens is 2. The molecule has 6 rings (SSSR count). The number of hydrogen-bond donors (Lipinski definition) is 1. The van der Waals surface area contributed by atoms with Crippen molar-refractivity contribution in [1.29, 1.82) is 0 Å². The normalized spacial score (nSPS) is 24.2. The predicted molar refractivity (Wildman–Crippen MR) is 133 cm³/mol. The molecule has 5 heterocycles. The molecule has 0 radical (unpaired) electrons. The second-order valence-corrected chi connectivity index (χ2v) is 10.5. The molecule has 2 aromatic heterocycles. The highest BCUT2D eigenvalue weighted by Gasteiger charge is 2.42. The van der Waals surface area contributed by atoms with Crippen LogP contribution in [0, 0.1) is 5.92 Å². The molecule has 3 aliphatic heterocycles. The van der Waals surface area contributed by atoms with Gasteiger partial charge in [-0.3, -0.25) is 14.9 Å². The average molecular weight is 465 g/mol. The van der Waals surface area contributed by atoms with Crippen molar-refractivity contribution in [2.45, 2.75) is 44.6 Å². The summed E-state index contributed by atoms with van der Waals surface area (Å²) in [5, 5.41) is 9.73. The quantitative estimate of drug-likeness (QED) is 0.508. The summed E-state index contributed by atoms with van der Waals surface area (Å²) < 4.78 is 7.69. The van der Waals surface area contributed by atoms with Crippen LogP contribution in [0.5, 0.6) is 0 Å². The molecular weight excluding hydrogens is 432 g/mol. The van der Waals surface area contributed by atoms with Crippen molar-refractivity contribution in [3.8, 4) is 10.6 Å². The maximum Gasteiger partial charge on any atom is 0.411 e. The summed E-state index contributed by atoms with van der Waals surface area (Å²) in [6.45, 7) is 6.82. The molecule has 1 aromatic carbocycles. The van der Waals surface area contributed by atoms with Crippen molar-refractivity contribution in [1.82, 2.24) is 14.7 Å². The van der Waals surface area contributed by atoms with E-state index in [1.54, 1.807) is 11.3 Å². The zero-order chi connectivity index (χ0) is 22.9. The number of rotatable bonds is 6. The molecule has 0 aliphatic carbocycles. The molecule has 7 heteroatoms. The fraction of sp³-hybridized carbons (Fsp3) is 0.462. The number of carbonyl (C=O) groups is 1. The number of anilines is 1. The molecule has 3 fully saturated rings. The molecule has 0 saturated carbocycles. The van der Waals surface area contributed by atoms with Crippen molar-refractivity contribution >= 4 is 23.1 Å². The van der Waals surface area contributed by atoms with Crippen LogP contribution in [0.2, 0.25) is 0 Å². The summed E-state index contributed by atoms with van der Waals surface area (Å²) >= 11 is 1.73. The van der Waals surface area contributed by atoms with Gasteiger partial charge in [-0.25, -0.2) is 4.79 Å². The van der Waals surface area contributed by atoms with Gasteiger partial charge in [0, 0.05) is 36.9 Å². The van der Waals surface area contributed by atoms with Gasteiger partial charge in [0.2, 0.25) is 0 Å². The Morgan fingerprint density at radius 1 is 1.27 bits per heavy atom. The van der Waals surface area contributed by atoms with Crippen LogP contribution >= 0.6 is 11.3 Å². The molecule has 1 amide bonds. The zero-order valence-corrected chi connectivity index (χ0v) is 20.3. The van der Waals surface area contributed by atoms with E-state index in [0.717, 1.165) is 30.9 Å². The molecule has 33 heavy (non-hydrogen) atoms. The third-order valence-electron chi connectivity index (χ3n) is 7.18. The van der Waals surface area contributed by atoms with Crippen LogP contribution in [-0.4, -0.2) is 46.5 Å². The van der Waals surface area contributed by atoms with Gasteiger partial charge in [0.15, 0.2) is 0 Å². The van der Waals surface area contributed by atoms with Crippen molar-refractivity contribution in [2.24, 2.45) is 13.0 Å². The standard InChI is InChI=1S/C26H32N4O2S/c1-17(2)18-6-8-20(9-7-18)27-26(31)32-16-21-13-19-10-11-30(21)15-22(19)24-14-23(28-29(24)3)25-5-4-12-33-25/h4-9,12,14,17,19,21-22H,10-11,13,15-16H2,1-3H3,(H,27,31). The Hall–Kier alpha value is -2.64. The molecule has 1 N–H and O–H groups in total. The highest BCUT2D eigenvalue weighted by molar-refractivity contribution is 7.13. The van der Waals surface area contributed by atoms with E-state index < -0.39 is 0 Å². The first-order valence-corrected chi connectivity index (χ1v) is 12.7. The van der Waals surface area contributed by atoms with Crippen LogP contribution in [0.1, 0.15) is 49.8 Å². The summed E-state index contributed by atoms with van der Waals surface area (Å²) in [6, 6.07) is 14.7. The zero-order valence-electron chi connectivity index (χ0n) is 19.5. The van der Waals surface area contributed by atoms with E-state index in [9.17, 15) is 4.79 Å². The lowest BCUT2D eigenvalue weighted by Crippen LogP contribution is -2.54.